The maximum Gasteiger partial charge on any atom is 0.183 e. The summed E-state index contributed by atoms with van der Waals surface area (Å²) in [7, 11) is 0. The molecule has 1 saturated heterocycles. The van der Waals surface area contributed by atoms with Crippen LogP contribution in [0.3, 0.4) is 0 Å². The zero-order valence-corrected chi connectivity index (χ0v) is 15.6. The van der Waals surface area contributed by atoms with Crippen LogP contribution < -0.4 is 5.32 Å². The standard InChI is InChI=1S/C18H26FN5O3/c1-17(19)16(27-12(8-25)18(17,2)26)24-10-22-13-14(20-9-21-15(13)24)23-11-6-4-3-5-7-11/h9-12,16,25-26H,3-8H2,1-2H3,(H,20,21,23)/t12-,16?,17+,18?/m1/s1. The van der Waals surface area contributed by atoms with Crippen molar-refractivity contribution in [3.05, 3.63) is 12.7 Å². The summed E-state index contributed by atoms with van der Waals surface area (Å²) in [4.78, 5) is 13.0. The van der Waals surface area contributed by atoms with Crippen molar-refractivity contribution >= 4 is 17.0 Å². The highest BCUT2D eigenvalue weighted by molar-refractivity contribution is 5.82. The van der Waals surface area contributed by atoms with Gasteiger partial charge in [0.25, 0.3) is 0 Å². The summed E-state index contributed by atoms with van der Waals surface area (Å²) in [6, 6.07) is 0.343. The number of aromatic nitrogens is 4. The van der Waals surface area contributed by atoms with Gasteiger partial charge < -0.3 is 20.3 Å². The Bertz CT molecular complexity index is 818. The fraction of sp³-hybridized carbons (Fsp3) is 0.722. The number of nitrogens with zero attached hydrogens (tertiary/aromatic N) is 4. The summed E-state index contributed by atoms with van der Waals surface area (Å²) in [5.41, 5.74) is -3.03. The molecule has 1 saturated carbocycles. The molecule has 2 aromatic rings. The van der Waals surface area contributed by atoms with E-state index >= 15 is 4.39 Å². The van der Waals surface area contributed by atoms with Crippen LogP contribution in [0.1, 0.15) is 52.2 Å². The van der Waals surface area contributed by atoms with Gasteiger partial charge in [-0.15, -0.1) is 0 Å². The van der Waals surface area contributed by atoms with Crippen molar-refractivity contribution in [1.82, 2.24) is 19.5 Å². The lowest BCUT2D eigenvalue weighted by atomic mass is 9.85. The number of halogens is 1. The number of fused-ring (bicyclic) bond motifs is 1. The van der Waals surface area contributed by atoms with Crippen LogP contribution in [-0.2, 0) is 4.74 Å². The van der Waals surface area contributed by atoms with Gasteiger partial charge in [0.15, 0.2) is 28.9 Å². The largest absolute Gasteiger partial charge is 0.394 e. The lowest BCUT2D eigenvalue weighted by molar-refractivity contribution is -0.0891. The molecule has 9 heteroatoms. The van der Waals surface area contributed by atoms with Gasteiger partial charge in [-0.2, -0.15) is 0 Å². The number of ether oxygens (including phenoxy) is 1. The Morgan fingerprint density at radius 2 is 2.00 bits per heavy atom. The van der Waals surface area contributed by atoms with Gasteiger partial charge in [-0.25, -0.2) is 19.3 Å². The van der Waals surface area contributed by atoms with E-state index in [1.165, 1.54) is 50.3 Å². The van der Waals surface area contributed by atoms with Gasteiger partial charge in [0.05, 0.1) is 12.9 Å². The predicted octanol–water partition coefficient (Wildman–Crippen LogP) is 1.94. The Balaban J connectivity index is 1.69. The van der Waals surface area contributed by atoms with E-state index in [2.05, 4.69) is 20.3 Å². The van der Waals surface area contributed by atoms with Crippen LogP contribution in [0, 0.1) is 0 Å². The van der Waals surface area contributed by atoms with Gasteiger partial charge in [-0.1, -0.05) is 19.3 Å². The third-order valence-corrected chi connectivity index (χ3v) is 6.10. The van der Waals surface area contributed by atoms with Crippen LogP contribution in [-0.4, -0.2) is 59.8 Å². The van der Waals surface area contributed by atoms with E-state index in [1.54, 1.807) is 0 Å². The number of alkyl halides is 1. The molecule has 0 amide bonds. The Hall–Kier alpha value is -1.84. The van der Waals surface area contributed by atoms with E-state index in [0.29, 0.717) is 23.0 Å². The first-order valence-electron chi connectivity index (χ1n) is 9.48. The molecule has 0 aromatic carbocycles. The summed E-state index contributed by atoms with van der Waals surface area (Å²) < 4.78 is 22.6. The quantitative estimate of drug-likeness (QED) is 0.745. The normalized spacial score (nSPS) is 35.0. The molecule has 1 aliphatic carbocycles. The second kappa shape index (κ2) is 6.65. The zero-order chi connectivity index (χ0) is 19.2. The zero-order valence-electron chi connectivity index (χ0n) is 15.6. The molecular formula is C18H26FN5O3. The van der Waals surface area contributed by atoms with E-state index in [1.807, 2.05) is 0 Å². The average Bonchev–Trinajstić information content (AvgIpc) is 3.14. The van der Waals surface area contributed by atoms with Gasteiger partial charge >= 0.3 is 0 Å². The van der Waals surface area contributed by atoms with Crippen LogP contribution in [0.15, 0.2) is 12.7 Å². The van der Waals surface area contributed by atoms with Crippen molar-refractivity contribution in [2.75, 3.05) is 11.9 Å². The first-order valence-corrected chi connectivity index (χ1v) is 9.48. The topological polar surface area (TPSA) is 105 Å². The second-order valence-corrected chi connectivity index (χ2v) is 7.91. The van der Waals surface area contributed by atoms with Crippen molar-refractivity contribution in [1.29, 1.82) is 0 Å². The highest BCUT2D eigenvalue weighted by Gasteiger charge is 2.63. The Morgan fingerprint density at radius 1 is 1.26 bits per heavy atom. The third kappa shape index (κ3) is 2.88. The third-order valence-electron chi connectivity index (χ3n) is 6.10. The summed E-state index contributed by atoms with van der Waals surface area (Å²) in [6.07, 6.45) is 6.46. The van der Waals surface area contributed by atoms with Gasteiger partial charge in [-0.05, 0) is 26.7 Å². The fourth-order valence-corrected chi connectivity index (χ4v) is 4.10. The van der Waals surface area contributed by atoms with E-state index in [-0.39, 0.29) is 0 Å². The molecule has 2 fully saturated rings. The summed E-state index contributed by atoms with van der Waals surface area (Å²) in [6.45, 7) is 2.11. The van der Waals surface area contributed by atoms with Crippen LogP contribution >= 0.6 is 0 Å². The molecule has 0 bridgehead atoms. The molecule has 3 heterocycles. The minimum Gasteiger partial charge on any atom is -0.394 e. The van der Waals surface area contributed by atoms with Crippen molar-refractivity contribution < 1.29 is 19.3 Å². The molecule has 4 rings (SSSR count). The number of imidazole rings is 1. The lowest BCUT2D eigenvalue weighted by Crippen LogP contribution is -2.51. The average molecular weight is 379 g/mol. The second-order valence-electron chi connectivity index (χ2n) is 7.91. The van der Waals surface area contributed by atoms with Crippen molar-refractivity contribution in [3.8, 4) is 0 Å². The summed E-state index contributed by atoms with van der Waals surface area (Å²) in [5.74, 6) is 0.620. The molecule has 4 atom stereocenters. The minimum atomic E-state index is -2.14. The smallest absolute Gasteiger partial charge is 0.183 e. The maximum absolute atomic E-state index is 15.5. The Labute approximate surface area is 156 Å². The van der Waals surface area contributed by atoms with Gasteiger partial charge in [0, 0.05) is 6.04 Å². The monoisotopic (exact) mass is 379 g/mol. The van der Waals surface area contributed by atoms with E-state index in [9.17, 15) is 10.2 Å². The summed E-state index contributed by atoms with van der Waals surface area (Å²) in [5, 5.41) is 23.5. The van der Waals surface area contributed by atoms with Crippen molar-refractivity contribution in [3.63, 3.8) is 0 Å². The van der Waals surface area contributed by atoms with E-state index in [4.69, 9.17) is 4.74 Å². The van der Waals surface area contributed by atoms with Crippen LogP contribution in [0.2, 0.25) is 0 Å². The van der Waals surface area contributed by atoms with E-state index in [0.717, 1.165) is 12.8 Å². The van der Waals surface area contributed by atoms with E-state index < -0.39 is 30.2 Å². The Morgan fingerprint density at radius 3 is 2.67 bits per heavy atom. The number of rotatable bonds is 4. The molecule has 2 aliphatic rings. The molecule has 1 aliphatic heterocycles. The molecule has 0 radical (unpaired) electrons. The van der Waals surface area contributed by atoms with Crippen molar-refractivity contribution in [2.45, 2.75) is 75.6 Å². The molecule has 3 N–H and O–H groups in total. The summed E-state index contributed by atoms with van der Waals surface area (Å²) >= 11 is 0. The van der Waals surface area contributed by atoms with Gasteiger partial charge in [0.2, 0.25) is 0 Å². The number of hydrogen-bond donors (Lipinski definition) is 3. The number of hydrogen-bond acceptors (Lipinski definition) is 7. The molecule has 27 heavy (non-hydrogen) atoms. The lowest BCUT2D eigenvalue weighted by Gasteiger charge is -2.32. The molecule has 148 valence electrons. The van der Waals surface area contributed by atoms with Gasteiger partial charge in [0.1, 0.15) is 18.0 Å². The van der Waals surface area contributed by atoms with Crippen LogP contribution in [0.4, 0.5) is 10.2 Å². The fourth-order valence-electron chi connectivity index (χ4n) is 4.10. The minimum absolute atomic E-state index is 0.343. The maximum atomic E-state index is 15.5. The number of aliphatic hydroxyl groups excluding tert-OH is 1. The molecule has 2 unspecified atom stereocenters. The Kier molecular flexibility index (Phi) is 4.56. The highest BCUT2D eigenvalue weighted by atomic mass is 19.1. The molecule has 0 spiro atoms. The number of anilines is 1. The number of aliphatic hydroxyl groups is 2. The molecular weight excluding hydrogens is 353 g/mol. The molecule has 2 aromatic heterocycles. The molecule has 8 nitrogen and oxygen atoms in total. The van der Waals surface area contributed by atoms with Crippen LogP contribution in [0.25, 0.3) is 11.2 Å². The van der Waals surface area contributed by atoms with Gasteiger partial charge in [-0.3, -0.25) is 4.57 Å². The van der Waals surface area contributed by atoms with Crippen LogP contribution in [0.5, 0.6) is 0 Å². The predicted molar refractivity (Wildman–Crippen MR) is 97.0 cm³/mol. The first kappa shape index (κ1) is 18.5. The highest BCUT2D eigenvalue weighted by Crippen LogP contribution is 2.48. The number of nitrogens with one attached hydrogen (secondary N) is 1. The SMILES string of the molecule is CC1(O)[C@@H](CO)OC(n2cnc3c(NC4CCCCC4)ncnc32)[C@]1(C)F. The first-order chi connectivity index (χ1) is 12.9. The van der Waals surface area contributed by atoms with Crippen molar-refractivity contribution in [2.24, 2.45) is 0 Å².